The molecule has 0 aliphatic heterocycles. The molecule has 35 heavy (non-hydrogen) atoms. The molecule has 0 bridgehead atoms. The predicted octanol–water partition coefficient (Wildman–Crippen LogP) is 5.04. The highest BCUT2D eigenvalue weighted by molar-refractivity contribution is 8.01. The molecule has 0 fully saturated rings. The lowest BCUT2D eigenvalue weighted by Crippen LogP contribution is -2.19. The number of rotatable bonds is 7. The number of carbonyl (C=O) groups is 1. The summed E-state index contributed by atoms with van der Waals surface area (Å²) < 4.78 is 29.7. The fourth-order valence-corrected chi connectivity index (χ4v) is 6.79. The summed E-state index contributed by atoms with van der Waals surface area (Å²) >= 11 is 2.89. The van der Waals surface area contributed by atoms with Gasteiger partial charge in [-0.15, -0.1) is 11.3 Å². The summed E-state index contributed by atoms with van der Waals surface area (Å²) in [6.45, 7) is 1.90. The Labute approximate surface area is 210 Å². The van der Waals surface area contributed by atoms with Crippen LogP contribution >= 0.6 is 23.1 Å². The molecule has 1 N–H and O–H groups in total. The van der Waals surface area contributed by atoms with E-state index >= 15 is 0 Å². The van der Waals surface area contributed by atoms with Crippen molar-refractivity contribution in [2.75, 3.05) is 5.75 Å². The van der Waals surface area contributed by atoms with Gasteiger partial charge >= 0.3 is 0 Å². The van der Waals surface area contributed by atoms with Crippen LogP contribution in [0.25, 0.3) is 21.1 Å². The molecule has 0 saturated carbocycles. The first-order valence-corrected chi connectivity index (χ1v) is 13.9. The number of fused-ring (bicyclic) bond motifs is 2. The molecule has 176 valence electrons. The number of hydrogen-bond acceptors (Lipinski definition) is 7. The Bertz CT molecular complexity index is 1640. The van der Waals surface area contributed by atoms with Crippen LogP contribution in [0.15, 0.2) is 93.3 Å². The van der Waals surface area contributed by atoms with Gasteiger partial charge in [0.15, 0.2) is 4.34 Å². The normalized spacial score (nSPS) is 12.0. The number of benzene rings is 3. The average Bonchev–Trinajstić information content (AvgIpc) is 3.45. The minimum Gasteiger partial charge on any atom is -0.272 e. The summed E-state index contributed by atoms with van der Waals surface area (Å²) in [5, 5.41) is 4.78. The van der Waals surface area contributed by atoms with Crippen molar-refractivity contribution >= 4 is 66.4 Å². The third-order valence-corrected chi connectivity index (χ3v) is 9.15. The van der Waals surface area contributed by atoms with E-state index in [4.69, 9.17) is 0 Å². The number of thiazole rings is 1. The van der Waals surface area contributed by atoms with E-state index in [0.29, 0.717) is 16.5 Å². The molecule has 7 nitrogen and oxygen atoms in total. The highest BCUT2D eigenvalue weighted by atomic mass is 32.2. The number of aromatic nitrogens is 2. The van der Waals surface area contributed by atoms with Gasteiger partial charge in [-0.3, -0.25) is 4.79 Å². The van der Waals surface area contributed by atoms with Crippen LogP contribution in [-0.4, -0.2) is 35.2 Å². The molecule has 0 radical (unpaired) electrons. The maximum Gasteiger partial charge on any atom is 0.268 e. The number of nitrogens with zero attached hydrogens (tertiary/aromatic N) is 3. The molecule has 2 aromatic heterocycles. The lowest BCUT2D eigenvalue weighted by Gasteiger charge is -2.07. The molecule has 0 saturated heterocycles. The van der Waals surface area contributed by atoms with E-state index in [1.807, 2.05) is 43.3 Å². The van der Waals surface area contributed by atoms with Gasteiger partial charge in [-0.25, -0.2) is 22.8 Å². The van der Waals surface area contributed by atoms with Crippen molar-refractivity contribution in [3.63, 3.8) is 0 Å². The highest BCUT2D eigenvalue weighted by Crippen LogP contribution is 2.29. The summed E-state index contributed by atoms with van der Waals surface area (Å²) in [5.41, 5.74) is 5.52. The molecule has 0 atom stereocenters. The van der Waals surface area contributed by atoms with Gasteiger partial charge in [-0.2, -0.15) is 5.10 Å². The van der Waals surface area contributed by atoms with Crippen molar-refractivity contribution in [3.05, 3.63) is 90.1 Å². The zero-order valence-electron chi connectivity index (χ0n) is 18.6. The van der Waals surface area contributed by atoms with Gasteiger partial charge in [-0.05, 0) is 37.3 Å². The van der Waals surface area contributed by atoms with E-state index < -0.39 is 10.0 Å². The fraction of sp³-hybridized carbons (Fsp3) is 0.0800. The van der Waals surface area contributed by atoms with Crippen LogP contribution in [0.5, 0.6) is 0 Å². The zero-order chi connectivity index (χ0) is 24.4. The maximum atomic E-state index is 13.3. The van der Waals surface area contributed by atoms with Gasteiger partial charge in [0.2, 0.25) is 0 Å². The van der Waals surface area contributed by atoms with Crippen molar-refractivity contribution in [2.24, 2.45) is 5.10 Å². The average molecular weight is 521 g/mol. The predicted molar refractivity (Wildman–Crippen MR) is 142 cm³/mol. The second kappa shape index (κ2) is 9.65. The second-order valence-corrected chi connectivity index (χ2v) is 11.8. The lowest BCUT2D eigenvalue weighted by molar-refractivity contribution is -0.118. The van der Waals surface area contributed by atoms with Crippen molar-refractivity contribution in [1.29, 1.82) is 0 Å². The molecule has 0 spiro atoms. The topological polar surface area (TPSA) is 93.4 Å². The number of aryl methyl sites for hydroxylation is 1. The molecule has 3 aromatic carbocycles. The molecule has 0 aliphatic carbocycles. The van der Waals surface area contributed by atoms with E-state index in [2.05, 4.69) is 15.5 Å². The molecule has 5 aromatic rings. The van der Waals surface area contributed by atoms with E-state index in [1.54, 1.807) is 36.4 Å². The number of amides is 1. The third kappa shape index (κ3) is 4.86. The minimum atomic E-state index is -3.79. The second-order valence-electron chi connectivity index (χ2n) is 7.74. The Morgan fingerprint density at radius 2 is 1.83 bits per heavy atom. The van der Waals surface area contributed by atoms with Crippen LogP contribution in [0.4, 0.5) is 0 Å². The first-order valence-electron chi connectivity index (χ1n) is 10.6. The van der Waals surface area contributed by atoms with E-state index in [0.717, 1.165) is 20.1 Å². The Balaban J connectivity index is 1.32. The minimum absolute atomic E-state index is 0.167. The first kappa shape index (κ1) is 23.3. The summed E-state index contributed by atoms with van der Waals surface area (Å²) in [4.78, 5) is 17.0. The van der Waals surface area contributed by atoms with Gasteiger partial charge in [-0.1, -0.05) is 59.8 Å². The smallest absolute Gasteiger partial charge is 0.268 e. The largest absolute Gasteiger partial charge is 0.272 e. The summed E-state index contributed by atoms with van der Waals surface area (Å²) in [5.74, 6) is -0.109. The summed E-state index contributed by atoms with van der Waals surface area (Å²) in [6.07, 6.45) is 2.98. The van der Waals surface area contributed by atoms with Crippen LogP contribution in [0, 0.1) is 6.92 Å². The molecule has 0 unspecified atom stereocenters. The molecule has 1 amide bonds. The number of nitrogens with one attached hydrogen (secondary N) is 1. The molecule has 5 rings (SSSR count). The van der Waals surface area contributed by atoms with Crippen molar-refractivity contribution in [1.82, 2.24) is 14.4 Å². The quantitative estimate of drug-likeness (QED) is 0.184. The SMILES string of the molecule is Cc1ccc(S(=O)(=O)n2cc(C=NNC(=O)CSc3nc4ccccc4s3)c3ccccc32)cc1. The van der Waals surface area contributed by atoms with Crippen LogP contribution in [0.1, 0.15) is 11.1 Å². The van der Waals surface area contributed by atoms with E-state index in [-0.39, 0.29) is 16.6 Å². The fourth-order valence-electron chi connectivity index (χ4n) is 3.55. The first-order chi connectivity index (χ1) is 16.9. The molecule has 10 heteroatoms. The molecular weight excluding hydrogens is 501 g/mol. The summed E-state index contributed by atoms with van der Waals surface area (Å²) in [6, 6.07) is 21.7. The van der Waals surface area contributed by atoms with Crippen LogP contribution in [-0.2, 0) is 14.8 Å². The van der Waals surface area contributed by atoms with Crippen LogP contribution in [0.3, 0.4) is 0 Å². The number of hydrogen-bond donors (Lipinski definition) is 1. The maximum absolute atomic E-state index is 13.3. The molecule has 0 aliphatic rings. The Morgan fingerprint density at radius 3 is 2.63 bits per heavy atom. The zero-order valence-corrected chi connectivity index (χ0v) is 21.0. The Kier molecular flexibility index (Phi) is 6.42. The lowest BCUT2D eigenvalue weighted by atomic mass is 10.2. The monoisotopic (exact) mass is 520 g/mol. The number of carbonyl (C=O) groups excluding carboxylic acids is 1. The van der Waals surface area contributed by atoms with Crippen molar-refractivity contribution in [2.45, 2.75) is 16.2 Å². The third-order valence-electron chi connectivity index (χ3n) is 5.28. The molecular formula is C25H20N4O3S3. The van der Waals surface area contributed by atoms with Crippen molar-refractivity contribution < 1.29 is 13.2 Å². The van der Waals surface area contributed by atoms with Gasteiger partial charge in [0.05, 0.1) is 32.6 Å². The van der Waals surface area contributed by atoms with E-state index in [9.17, 15) is 13.2 Å². The van der Waals surface area contributed by atoms with Crippen molar-refractivity contribution in [3.8, 4) is 0 Å². The van der Waals surface area contributed by atoms with Crippen LogP contribution < -0.4 is 5.43 Å². The van der Waals surface area contributed by atoms with Gasteiger partial charge in [0, 0.05) is 17.1 Å². The van der Waals surface area contributed by atoms with E-state index in [1.165, 1.54) is 39.5 Å². The van der Waals surface area contributed by atoms with Gasteiger partial charge < -0.3 is 0 Å². The number of hydrazone groups is 1. The Morgan fingerprint density at radius 1 is 1.09 bits per heavy atom. The Hall–Kier alpha value is -3.47. The number of para-hydroxylation sites is 2. The summed E-state index contributed by atoms with van der Waals surface area (Å²) in [7, 11) is -3.79. The number of thioether (sulfide) groups is 1. The van der Waals surface area contributed by atoms with Gasteiger partial charge in [0.1, 0.15) is 0 Å². The standard InChI is InChI=1S/C25H20N4O3S3/c1-17-10-12-19(13-11-17)35(31,32)29-15-18(20-6-2-4-8-22(20)29)14-26-28-24(30)16-33-25-27-21-7-3-5-9-23(21)34-25/h2-15H,16H2,1H3,(H,28,30). The van der Waals surface area contributed by atoms with Crippen LogP contribution in [0.2, 0.25) is 0 Å². The highest BCUT2D eigenvalue weighted by Gasteiger charge is 2.20. The molecule has 2 heterocycles. The van der Waals surface area contributed by atoms with Gasteiger partial charge in [0.25, 0.3) is 15.9 Å².